The minimum absolute atomic E-state index is 0.0683. The summed E-state index contributed by atoms with van der Waals surface area (Å²) in [4.78, 5) is 0. The van der Waals surface area contributed by atoms with E-state index < -0.39 is 10.4 Å². The molecule has 19 heavy (non-hydrogen) atoms. The zero-order chi connectivity index (χ0) is 14.9. The number of benzene rings is 1. The van der Waals surface area contributed by atoms with Crippen LogP contribution in [0.2, 0.25) is 10.0 Å². The molecule has 4 N–H and O–H groups in total. The van der Waals surface area contributed by atoms with E-state index in [1.807, 2.05) is 0 Å². The lowest BCUT2D eigenvalue weighted by Crippen LogP contribution is -2.11. The summed E-state index contributed by atoms with van der Waals surface area (Å²) < 4.78 is 37.8. The zero-order valence-corrected chi connectivity index (χ0v) is 11.9. The number of hydrogen-bond acceptors (Lipinski definition) is 5. The van der Waals surface area contributed by atoms with Crippen LogP contribution in [0.4, 0.5) is 0 Å². The second kappa shape index (κ2) is 8.94. The van der Waals surface area contributed by atoms with Crippen LogP contribution < -0.4 is 10.5 Å². The molecule has 0 heterocycles. The van der Waals surface area contributed by atoms with Crippen LogP contribution in [0.15, 0.2) is 18.2 Å². The molecule has 7 nitrogen and oxygen atoms in total. The molecular formula is C9H12Cl2N2O5S. The summed E-state index contributed by atoms with van der Waals surface area (Å²) in [6, 6.07) is 4.60. The monoisotopic (exact) mass is 330 g/mol. The quantitative estimate of drug-likeness (QED) is 0.327. The van der Waals surface area contributed by atoms with Crippen LogP contribution in [-0.4, -0.2) is 32.5 Å². The van der Waals surface area contributed by atoms with E-state index in [0.29, 0.717) is 15.8 Å². The molecular weight excluding hydrogens is 319 g/mol. The van der Waals surface area contributed by atoms with E-state index in [4.69, 9.17) is 37.9 Å². The summed E-state index contributed by atoms with van der Waals surface area (Å²) in [5, 5.41) is 6.63. The molecule has 10 heteroatoms. The van der Waals surface area contributed by atoms with Crippen molar-refractivity contribution in [1.29, 1.82) is 5.41 Å². The van der Waals surface area contributed by atoms with E-state index in [1.165, 1.54) is 12.1 Å². The average Bonchev–Trinajstić information content (AvgIpc) is 2.26. The molecule has 0 fully saturated rings. The third-order valence-corrected chi connectivity index (χ3v) is 2.46. The van der Waals surface area contributed by atoms with Crippen molar-refractivity contribution in [3.8, 4) is 5.75 Å². The van der Waals surface area contributed by atoms with Gasteiger partial charge < -0.3 is 10.5 Å². The Balaban J connectivity index is 0.000000982. The van der Waals surface area contributed by atoms with E-state index in [9.17, 15) is 8.42 Å². The molecule has 1 rings (SSSR count). The molecule has 0 radical (unpaired) electrons. The van der Waals surface area contributed by atoms with E-state index in [-0.39, 0.29) is 13.2 Å². The van der Waals surface area contributed by atoms with Crippen molar-refractivity contribution in [2.75, 3.05) is 13.2 Å². The molecule has 1 aromatic carbocycles. The predicted molar refractivity (Wildman–Crippen MR) is 72.4 cm³/mol. The van der Waals surface area contributed by atoms with Crippen LogP contribution in [0.25, 0.3) is 0 Å². The molecule has 0 aliphatic heterocycles. The van der Waals surface area contributed by atoms with Gasteiger partial charge in [0.15, 0.2) is 0 Å². The minimum Gasteiger partial charge on any atom is -0.490 e. The predicted octanol–water partition coefficient (Wildman–Crippen LogP) is 1.74. The normalized spacial score (nSPS) is 10.3. The van der Waals surface area contributed by atoms with E-state index in [1.54, 1.807) is 6.07 Å². The highest BCUT2D eigenvalue weighted by Gasteiger charge is 2.05. The molecule has 0 saturated heterocycles. The largest absolute Gasteiger partial charge is 0.490 e. The molecule has 108 valence electrons. The Kier molecular flexibility index (Phi) is 8.44. The highest BCUT2D eigenvalue weighted by atomic mass is 35.5. The van der Waals surface area contributed by atoms with Gasteiger partial charge in [-0.1, -0.05) is 23.2 Å². The van der Waals surface area contributed by atoms with Gasteiger partial charge in [-0.15, -0.1) is 0 Å². The highest BCUT2D eigenvalue weighted by Crippen LogP contribution is 2.27. The van der Waals surface area contributed by atoms with Crippen LogP contribution in [0, 0.1) is 5.41 Å². The minimum atomic E-state index is -4.43. The van der Waals surface area contributed by atoms with E-state index in [0.717, 1.165) is 6.34 Å². The molecule has 0 bridgehead atoms. The molecule has 0 aliphatic rings. The molecule has 0 saturated carbocycles. The first-order valence-electron chi connectivity index (χ1n) is 4.70. The van der Waals surface area contributed by atoms with Crippen LogP contribution in [-0.2, 0) is 14.6 Å². The number of rotatable bonds is 5. The van der Waals surface area contributed by atoms with Crippen LogP contribution >= 0.6 is 23.2 Å². The van der Waals surface area contributed by atoms with Crippen molar-refractivity contribution in [3.05, 3.63) is 28.2 Å². The molecule has 0 aliphatic carbocycles. The molecule has 1 aromatic rings. The first-order chi connectivity index (χ1) is 8.80. The Labute approximate surface area is 120 Å². The van der Waals surface area contributed by atoms with Crippen molar-refractivity contribution in [2.24, 2.45) is 5.73 Å². The molecule has 0 unspecified atom stereocenters. The second-order valence-corrected chi connectivity index (χ2v) is 4.77. The van der Waals surface area contributed by atoms with Crippen molar-refractivity contribution in [1.82, 2.24) is 0 Å². The van der Waals surface area contributed by atoms with Gasteiger partial charge in [0.1, 0.15) is 19.0 Å². The Morgan fingerprint density at radius 1 is 1.37 bits per heavy atom. The molecule has 0 amide bonds. The first-order valence-corrected chi connectivity index (χ1v) is 6.82. The van der Waals surface area contributed by atoms with Gasteiger partial charge in [0.05, 0.1) is 11.4 Å². The summed E-state index contributed by atoms with van der Waals surface area (Å²) in [6.07, 6.45) is 0.750. The lowest BCUT2D eigenvalue weighted by molar-refractivity contribution is 0.202. The van der Waals surface area contributed by atoms with Gasteiger partial charge in [-0.3, -0.25) is 9.96 Å². The van der Waals surface area contributed by atoms with E-state index in [2.05, 4.69) is 9.92 Å². The summed E-state index contributed by atoms with van der Waals surface area (Å²) >= 11 is 11.4. The number of nitrogens with one attached hydrogen (secondary N) is 1. The number of ether oxygens (including phenoxy) is 1. The van der Waals surface area contributed by atoms with Gasteiger partial charge >= 0.3 is 10.4 Å². The molecule has 0 spiro atoms. The fraction of sp³-hybridized carbons (Fsp3) is 0.222. The maximum atomic E-state index is 10.2. The van der Waals surface area contributed by atoms with Crippen molar-refractivity contribution in [3.63, 3.8) is 0 Å². The Hall–Kier alpha value is -1.06. The highest BCUT2D eigenvalue weighted by molar-refractivity contribution is 7.80. The van der Waals surface area contributed by atoms with Gasteiger partial charge in [0, 0.05) is 5.02 Å². The standard InChI is InChI=1S/C8H8Cl2O5S.CH4N2/c9-6-1-2-8(7(10)5-6)14-3-4-15-16(11,12)13;2-1-3/h1-2,5H,3-4H2,(H,11,12,13);1H,(H3,2,3). The van der Waals surface area contributed by atoms with Crippen molar-refractivity contribution in [2.45, 2.75) is 0 Å². The Morgan fingerprint density at radius 2 is 1.95 bits per heavy atom. The SMILES string of the molecule is N=CN.O=S(=O)(O)OCCOc1ccc(Cl)cc1Cl. The number of nitrogens with two attached hydrogens (primary N) is 1. The van der Waals surface area contributed by atoms with Gasteiger partial charge in [0.2, 0.25) is 0 Å². The first kappa shape index (κ1) is 17.9. The average molecular weight is 331 g/mol. The zero-order valence-electron chi connectivity index (χ0n) is 9.55. The van der Waals surface area contributed by atoms with Gasteiger partial charge in [-0.05, 0) is 18.2 Å². The lowest BCUT2D eigenvalue weighted by atomic mass is 10.3. The van der Waals surface area contributed by atoms with Crippen LogP contribution in [0.5, 0.6) is 5.75 Å². The summed E-state index contributed by atoms with van der Waals surface area (Å²) in [6.45, 7) is -0.376. The third kappa shape index (κ3) is 9.51. The van der Waals surface area contributed by atoms with Crippen LogP contribution in [0.3, 0.4) is 0 Å². The molecule has 0 aromatic heterocycles. The van der Waals surface area contributed by atoms with Gasteiger partial charge in [0.25, 0.3) is 0 Å². The maximum Gasteiger partial charge on any atom is 0.397 e. The smallest absolute Gasteiger partial charge is 0.397 e. The van der Waals surface area contributed by atoms with E-state index >= 15 is 0 Å². The van der Waals surface area contributed by atoms with Crippen molar-refractivity contribution < 1.29 is 21.9 Å². The third-order valence-electron chi connectivity index (χ3n) is 1.47. The summed E-state index contributed by atoms with van der Waals surface area (Å²) in [5.41, 5.74) is 4.39. The van der Waals surface area contributed by atoms with Crippen LogP contribution in [0.1, 0.15) is 0 Å². The fourth-order valence-corrected chi connectivity index (χ4v) is 1.62. The summed E-state index contributed by atoms with van der Waals surface area (Å²) in [7, 11) is -4.43. The Bertz CT molecular complexity index is 509. The van der Waals surface area contributed by atoms with Gasteiger partial charge in [-0.25, -0.2) is 4.18 Å². The maximum absolute atomic E-state index is 10.2. The lowest BCUT2D eigenvalue weighted by Gasteiger charge is -2.07. The number of halogens is 2. The number of hydrogen-bond donors (Lipinski definition) is 3. The fourth-order valence-electron chi connectivity index (χ4n) is 0.883. The Morgan fingerprint density at radius 3 is 2.42 bits per heavy atom. The second-order valence-electron chi connectivity index (χ2n) is 2.84. The molecule has 0 atom stereocenters. The topological polar surface area (TPSA) is 123 Å². The van der Waals surface area contributed by atoms with Gasteiger partial charge in [-0.2, -0.15) is 8.42 Å². The van der Waals surface area contributed by atoms with Crippen molar-refractivity contribution >= 4 is 39.9 Å². The summed E-state index contributed by atoms with van der Waals surface area (Å²) in [5.74, 6) is 0.352.